The predicted octanol–water partition coefficient (Wildman–Crippen LogP) is -2.20. The number of fused-ring (bicyclic) bond motifs is 3. The normalized spacial score (nSPS) is 28.8. The van der Waals surface area contributed by atoms with Crippen molar-refractivity contribution < 1.29 is 20.1 Å². The van der Waals surface area contributed by atoms with E-state index in [2.05, 4.69) is 15.0 Å². The van der Waals surface area contributed by atoms with E-state index in [1.807, 2.05) is 0 Å². The molecule has 1 aromatic rings. The Bertz CT molecular complexity index is 770. The van der Waals surface area contributed by atoms with Gasteiger partial charge in [-0.3, -0.25) is 14.8 Å². The molecular formula is C13H18N4O6. The molecule has 0 saturated carbocycles. The van der Waals surface area contributed by atoms with Gasteiger partial charge in [0.2, 0.25) is 0 Å². The quantitative estimate of drug-likeness (QED) is 0.423. The van der Waals surface area contributed by atoms with Crippen LogP contribution in [-0.2, 0) is 4.74 Å². The fourth-order valence-corrected chi connectivity index (χ4v) is 2.91. The standard InChI is InChI=1S/C13H18N4O6/c1-5-13(2)17(3-7(23-13)9(20)6(19)4-18)10-8(14-5)11(21)16-12(22)15-10/h6-7,9,18-20H,3-4H2,1-2H3,(H2,15,16,21,22)/t6-,7+,9-,13-/m1/s1. The minimum Gasteiger partial charge on any atom is -0.394 e. The van der Waals surface area contributed by atoms with E-state index < -0.39 is 41.9 Å². The van der Waals surface area contributed by atoms with Crippen molar-refractivity contribution in [2.75, 3.05) is 18.1 Å². The van der Waals surface area contributed by atoms with Crippen LogP contribution in [0.2, 0.25) is 0 Å². The van der Waals surface area contributed by atoms with Crippen LogP contribution in [0.15, 0.2) is 14.6 Å². The number of aliphatic imine (C=N–C) groups is 1. The molecule has 23 heavy (non-hydrogen) atoms. The van der Waals surface area contributed by atoms with Crippen LogP contribution in [0.3, 0.4) is 0 Å². The van der Waals surface area contributed by atoms with E-state index in [1.165, 1.54) is 0 Å². The highest BCUT2D eigenvalue weighted by Gasteiger charge is 2.51. The molecule has 0 amide bonds. The molecule has 1 fully saturated rings. The molecule has 0 aromatic carbocycles. The van der Waals surface area contributed by atoms with E-state index in [4.69, 9.17) is 9.84 Å². The molecular weight excluding hydrogens is 308 g/mol. The van der Waals surface area contributed by atoms with Gasteiger partial charge in [-0.15, -0.1) is 0 Å². The average Bonchev–Trinajstić information content (AvgIpc) is 2.87. The van der Waals surface area contributed by atoms with Crippen molar-refractivity contribution >= 4 is 17.2 Å². The molecule has 1 saturated heterocycles. The van der Waals surface area contributed by atoms with E-state index in [0.29, 0.717) is 5.71 Å². The van der Waals surface area contributed by atoms with Gasteiger partial charge in [-0.1, -0.05) is 0 Å². The maximum atomic E-state index is 11.9. The van der Waals surface area contributed by atoms with Crippen molar-refractivity contribution in [3.63, 3.8) is 0 Å². The Balaban J connectivity index is 2.06. The first kappa shape index (κ1) is 15.9. The summed E-state index contributed by atoms with van der Waals surface area (Å²) in [4.78, 5) is 33.9. The number of aromatic amines is 2. The lowest BCUT2D eigenvalue weighted by atomic mass is 10.1. The van der Waals surface area contributed by atoms with E-state index >= 15 is 0 Å². The van der Waals surface area contributed by atoms with Crippen molar-refractivity contribution in [2.45, 2.75) is 37.9 Å². The van der Waals surface area contributed by atoms with Gasteiger partial charge in [0.1, 0.15) is 24.1 Å². The third-order valence-corrected chi connectivity index (χ3v) is 4.34. The Morgan fingerprint density at radius 3 is 2.78 bits per heavy atom. The number of nitrogens with zero attached hydrogens (tertiary/aromatic N) is 2. The van der Waals surface area contributed by atoms with Crippen LogP contribution in [0.25, 0.3) is 0 Å². The van der Waals surface area contributed by atoms with Gasteiger partial charge in [0.15, 0.2) is 11.4 Å². The summed E-state index contributed by atoms with van der Waals surface area (Å²) in [5, 5.41) is 28.7. The summed E-state index contributed by atoms with van der Waals surface area (Å²) in [5.74, 6) is 0.194. The van der Waals surface area contributed by atoms with Crippen LogP contribution in [0.1, 0.15) is 13.8 Å². The molecule has 0 radical (unpaired) electrons. The molecule has 10 nitrogen and oxygen atoms in total. The van der Waals surface area contributed by atoms with E-state index in [1.54, 1.807) is 18.7 Å². The Hall–Kier alpha value is -2.01. The zero-order valence-corrected chi connectivity index (χ0v) is 12.6. The van der Waals surface area contributed by atoms with Crippen molar-refractivity contribution in [1.82, 2.24) is 9.97 Å². The van der Waals surface area contributed by atoms with Gasteiger partial charge < -0.3 is 25.0 Å². The molecule has 4 atom stereocenters. The summed E-state index contributed by atoms with van der Waals surface area (Å²) >= 11 is 0. The predicted molar refractivity (Wildman–Crippen MR) is 80.2 cm³/mol. The van der Waals surface area contributed by atoms with Crippen molar-refractivity contribution in [1.29, 1.82) is 0 Å². The van der Waals surface area contributed by atoms with Crippen LogP contribution in [0, 0.1) is 0 Å². The van der Waals surface area contributed by atoms with E-state index in [0.717, 1.165) is 0 Å². The zero-order chi connectivity index (χ0) is 16.9. The number of ether oxygens (including phenoxy) is 1. The van der Waals surface area contributed by atoms with Gasteiger partial charge in [0.05, 0.1) is 18.9 Å². The van der Waals surface area contributed by atoms with E-state index in [-0.39, 0.29) is 18.1 Å². The molecule has 10 heteroatoms. The average molecular weight is 326 g/mol. The second-order valence-electron chi connectivity index (χ2n) is 5.79. The molecule has 0 bridgehead atoms. The van der Waals surface area contributed by atoms with Crippen LogP contribution < -0.4 is 16.1 Å². The van der Waals surface area contributed by atoms with Crippen molar-refractivity contribution in [3.8, 4) is 0 Å². The lowest BCUT2D eigenvalue weighted by Crippen LogP contribution is -2.51. The molecule has 3 heterocycles. The Morgan fingerprint density at radius 2 is 2.13 bits per heavy atom. The molecule has 5 N–H and O–H groups in total. The molecule has 3 rings (SSSR count). The van der Waals surface area contributed by atoms with Crippen LogP contribution in [0.4, 0.5) is 11.5 Å². The third kappa shape index (κ3) is 2.30. The topological polar surface area (TPSA) is 151 Å². The van der Waals surface area contributed by atoms with Crippen LogP contribution in [-0.4, -0.2) is 68.2 Å². The maximum absolute atomic E-state index is 11.9. The largest absolute Gasteiger partial charge is 0.394 e. The number of nitrogens with one attached hydrogen (secondary N) is 2. The second-order valence-corrected chi connectivity index (χ2v) is 5.79. The lowest BCUT2D eigenvalue weighted by Gasteiger charge is -2.37. The van der Waals surface area contributed by atoms with Crippen LogP contribution in [0.5, 0.6) is 0 Å². The highest BCUT2D eigenvalue weighted by atomic mass is 16.6. The number of anilines is 1. The smallest absolute Gasteiger partial charge is 0.327 e. The monoisotopic (exact) mass is 326 g/mol. The summed E-state index contributed by atoms with van der Waals surface area (Å²) in [7, 11) is 0. The molecule has 1 aromatic heterocycles. The van der Waals surface area contributed by atoms with Crippen molar-refractivity contribution in [3.05, 3.63) is 20.8 Å². The van der Waals surface area contributed by atoms with Crippen LogP contribution >= 0.6 is 0 Å². The fourth-order valence-electron chi connectivity index (χ4n) is 2.91. The number of H-pyrrole nitrogens is 2. The summed E-state index contributed by atoms with van der Waals surface area (Å²) in [5.41, 5.74) is -1.85. The number of hydrogen-bond acceptors (Lipinski definition) is 8. The number of aromatic nitrogens is 2. The number of rotatable bonds is 3. The van der Waals surface area contributed by atoms with Gasteiger partial charge in [-0.2, -0.15) is 0 Å². The molecule has 2 aliphatic rings. The van der Waals surface area contributed by atoms with Gasteiger partial charge in [-0.05, 0) is 13.8 Å². The summed E-state index contributed by atoms with van der Waals surface area (Å²) in [6.07, 6.45) is -3.52. The fraction of sp³-hybridized carbons (Fsp3) is 0.615. The first-order valence-electron chi connectivity index (χ1n) is 7.12. The Kier molecular flexibility index (Phi) is 3.64. The highest BCUT2D eigenvalue weighted by Crippen LogP contribution is 2.40. The number of aliphatic hydroxyl groups excluding tert-OH is 3. The van der Waals surface area contributed by atoms with Gasteiger partial charge in [0, 0.05) is 0 Å². The first-order chi connectivity index (χ1) is 10.8. The maximum Gasteiger partial charge on any atom is 0.327 e. The minimum atomic E-state index is -1.36. The van der Waals surface area contributed by atoms with E-state index in [9.17, 15) is 19.8 Å². The lowest BCUT2D eigenvalue weighted by molar-refractivity contribution is -0.102. The molecule has 0 spiro atoms. The molecule has 0 aliphatic carbocycles. The zero-order valence-electron chi connectivity index (χ0n) is 12.6. The van der Waals surface area contributed by atoms with Gasteiger partial charge in [-0.25, -0.2) is 9.79 Å². The second kappa shape index (κ2) is 5.27. The molecule has 2 aliphatic heterocycles. The SMILES string of the molecule is CC1=Nc2c([nH]c(=O)[nH]c2=O)N2C[C@@H]([C@H](O)[C@H](O)CO)O[C@]12C. The third-order valence-electron chi connectivity index (χ3n) is 4.34. The Morgan fingerprint density at radius 1 is 1.43 bits per heavy atom. The summed E-state index contributed by atoms with van der Waals surface area (Å²) in [6, 6.07) is 0. The highest BCUT2D eigenvalue weighted by molar-refractivity contribution is 5.99. The van der Waals surface area contributed by atoms with Crippen molar-refractivity contribution in [2.24, 2.45) is 4.99 Å². The number of hydrogen-bond donors (Lipinski definition) is 5. The Labute approximate surface area is 130 Å². The summed E-state index contributed by atoms with van der Waals surface area (Å²) in [6.45, 7) is 2.84. The molecule has 126 valence electrons. The van der Waals surface area contributed by atoms with Gasteiger partial charge >= 0.3 is 5.69 Å². The minimum absolute atomic E-state index is 0.0565. The summed E-state index contributed by atoms with van der Waals surface area (Å²) < 4.78 is 5.83. The molecule has 0 unspecified atom stereocenters. The first-order valence-corrected chi connectivity index (χ1v) is 7.12. The van der Waals surface area contributed by atoms with Gasteiger partial charge in [0.25, 0.3) is 5.56 Å². The number of aliphatic hydroxyl groups is 3.